The van der Waals surface area contributed by atoms with Crippen molar-refractivity contribution in [3.05, 3.63) is 24.3 Å². The third-order valence-electron chi connectivity index (χ3n) is 4.18. The largest absolute Gasteiger partial charge is 0.497 e. The zero-order chi connectivity index (χ0) is 15.6. The summed E-state index contributed by atoms with van der Waals surface area (Å²) in [5.74, 6) is -0.0490. The van der Waals surface area contributed by atoms with Gasteiger partial charge in [-0.3, -0.25) is 0 Å². The lowest BCUT2D eigenvalue weighted by molar-refractivity contribution is -0.280. The van der Waals surface area contributed by atoms with Crippen molar-refractivity contribution in [1.82, 2.24) is 4.31 Å². The van der Waals surface area contributed by atoms with Crippen LogP contribution >= 0.6 is 0 Å². The van der Waals surface area contributed by atoms with Gasteiger partial charge in [0, 0.05) is 32.0 Å². The van der Waals surface area contributed by atoms with Crippen LogP contribution in [-0.2, 0) is 19.5 Å². The van der Waals surface area contributed by atoms with Gasteiger partial charge >= 0.3 is 0 Å². The van der Waals surface area contributed by atoms with E-state index in [0.717, 1.165) is 6.42 Å². The standard InChI is InChI=1S/C15H21NO5S/c1-19-13-4-2-5-14(12-13)22(17,18)16-8-6-15(7-9-16)20-10-3-11-21-15/h2,4-5,12H,3,6-11H2,1H3. The van der Waals surface area contributed by atoms with Gasteiger partial charge in [-0.05, 0) is 18.6 Å². The van der Waals surface area contributed by atoms with Gasteiger partial charge < -0.3 is 14.2 Å². The number of methoxy groups -OCH3 is 1. The van der Waals surface area contributed by atoms with Crippen molar-refractivity contribution in [3.63, 3.8) is 0 Å². The molecule has 0 radical (unpaired) electrons. The molecule has 1 spiro atoms. The minimum Gasteiger partial charge on any atom is -0.497 e. The van der Waals surface area contributed by atoms with Crippen molar-refractivity contribution in [2.45, 2.75) is 29.9 Å². The monoisotopic (exact) mass is 327 g/mol. The predicted octanol–water partition coefficient (Wildman–Crippen LogP) is 1.61. The van der Waals surface area contributed by atoms with E-state index in [0.29, 0.717) is 44.9 Å². The highest BCUT2D eigenvalue weighted by Crippen LogP contribution is 2.33. The van der Waals surface area contributed by atoms with Gasteiger partial charge in [0.15, 0.2) is 5.79 Å². The second-order valence-electron chi connectivity index (χ2n) is 5.54. The highest BCUT2D eigenvalue weighted by Gasteiger charge is 2.41. The van der Waals surface area contributed by atoms with E-state index in [1.54, 1.807) is 24.3 Å². The van der Waals surface area contributed by atoms with Crippen molar-refractivity contribution in [2.24, 2.45) is 0 Å². The molecular weight excluding hydrogens is 306 g/mol. The average molecular weight is 327 g/mol. The number of rotatable bonds is 3. The van der Waals surface area contributed by atoms with Crippen molar-refractivity contribution in [3.8, 4) is 5.75 Å². The van der Waals surface area contributed by atoms with Crippen molar-refractivity contribution >= 4 is 10.0 Å². The Morgan fingerprint density at radius 2 is 1.86 bits per heavy atom. The van der Waals surface area contributed by atoms with Crippen LogP contribution in [0.4, 0.5) is 0 Å². The van der Waals surface area contributed by atoms with Crippen LogP contribution in [0.15, 0.2) is 29.2 Å². The van der Waals surface area contributed by atoms with Gasteiger partial charge in [0.05, 0.1) is 25.2 Å². The van der Waals surface area contributed by atoms with Crippen LogP contribution in [0.25, 0.3) is 0 Å². The van der Waals surface area contributed by atoms with E-state index >= 15 is 0 Å². The second kappa shape index (κ2) is 6.16. The molecule has 1 aromatic rings. The van der Waals surface area contributed by atoms with Gasteiger partial charge in [-0.2, -0.15) is 4.31 Å². The molecule has 2 heterocycles. The zero-order valence-corrected chi connectivity index (χ0v) is 13.5. The predicted molar refractivity (Wildman–Crippen MR) is 80.2 cm³/mol. The summed E-state index contributed by atoms with van der Waals surface area (Å²) in [5, 5.41) is 0. The molecule has 0 bridgehead atoms. The Bertz CT molecular complexity index is 615. The van der Waals surface area contributed by atoms with E-state index in [1.807, 2.05) is 0 Å². The van der Waals surface area contributed by atoms with Gasteiger partial charge in [-0.1, -0.05) is 6.07 Å². The lowest BCUT2D eigenvalue weighted by Crippen LogP contribution is -2.51. The Hall–Kier alpha value is -1.15. The Kier molecular flexibility index (Phi) is 4.40. The highest BCUT2D eigenvalue weighted by atomic mass is 32.2. The fourth-order valence-corrected chi connectivity index (χ4v) is 4.36. The third-order valence-corrected chi connectivity index (χ3v) is 6.08. The first-order valence-electron chi connectivity index (χ1n) is 7.48. The minimum atomic E-state index is -3.51. The van der Waals surface area contributed by atoms with Crippen LogP contribution in [-0.4, -0.2) is 51.9 Å². The summed E-state index contributed by atoms with van der Waals surface area (Å²) < 4.78 is 43.5. The van der Waals surface area contributed by atoms with Gasteiger partial charge in [0.25, 0.3) is 0 Å². The first kappa shape index (κ1) is 15.7. The molecule has 7 heteroatoms. The molecule has 2 aliphatic heterocycles. The van der Waals surface area contributed by atoms with Crippen molar-refractivity contribution < 1.29 is 22.6 Å². The Labute approximate surface area is 131 Å². The summed E-state index contributed by atoms with van der Waals surface area (Å²) in [6.45, 7) is 2.17. The summed E-state index contributed by atoms with van der Waals surface area (Å²) in [4.78, 5) is 0.258. The smallest absolute Gasteiger partial charge is 0.243 e. The van der Waals surface area contributed by atoms with Crippen molar-refractivity contribution in [1.29, 1.82) is 0 Å². The topological polar surface area (TPSA) is 65.1 Å². The van der Waals surface area contributed by atoms with E-state index in [2.05, 4.69) is 0 Å². The van der Waals surface area contributed by atoms with Gasteiger partial charge in [0.2, 0.25) is 10.0 Å². The quantitative estimate of drug-likeness (QED) is 0.844. The Morgan fingerprint density at radius 1 is 1.18 bits per heavy atom. The van der Waals surface area contributed by atoms with Crippen LogP contribution < -0.4 is 4.74 Å². The molecule has 2 fully saturated rings. The third kappa shape index (κ3) is 2.99. The first-order valence-corrected chi connectivity index (χ1v) is 8.92. The summed E-state index contributed by atoms with van der Waals surface area (Å²) in [6.07, 6.45) is 2.03. The lowest BCUT2D eigenvalue weighted by atomic mass is 10.0. The first-order chi connectivity index (χ1) is 10.6. The maximum absolute atomic E-state index is 12.7. The maximum Gasteiger partial charge on any atom is 0.243 e. The van der Waals surface area contributed by atoms with Gasteiger partial charge in [-0.25, -0.2) is 8.42 Å². The Morgan fingerprint density at radius 3 is 2.50 bits per heavy atom. The van der Waals surface area contributed by atoms with Crippen LogP contribution in [0, 0.1) is 0 Å². The average Bonchev–Trinajstić information content (AvgIpc) is 2.56. The van der Waals surface area contributed by atoms with Gasteiger partial charge in [-0.15, -0.1) is 0 Å². The molecule has 2 aliphatic rings. The number of ether oxygens (including phenoxy) is 3. The molecule has 0 atom stereocenters. The molecule has 122 valence electrons. The molecule has 2 saturated heterocycles. The number of benzene rings is 1. The summed E-state index contributed by atoms with van der Waals surface area (Å²) in [5.41, 5.74) is 0. The fraction of sp³-hybridized carbons (Fsp3) is 0.600. The molecule has 0 N–H and O–H groups in total. The van der Waals surface area contributed by atoms with Crippen LogP contribution in [0.3, 0.4) is 0 Å². The van der Waals surface area contributed by atoms with E-state index in [4.69, 9.17) is 14.2 Å². The van der Waals surface area contributed by atoms with E-state index < -0.39 is 15.8 Å². The minimum absolute atomic E-state index is 0.258. The number of piperidine rings is 1. The van der Waals surface area contributed by atoms with Crippen LogP contribution in [0.5, 0.6) is 5.75 Å². The molecule has 0 aliphatic carbocycles. The van der Waals surface area contributed by atoms with Crippen LogP contribution in [0.2, 0.25) is 0 Å². The number of nitrogens with zero attached hydrogens (tertiary/aromatic N) is 1. The molecule has 0 aromatic heterocycles. The highest BCUT2D eigenvalue weighted by molar-refractivity contribution is 7.89. The molecular formula is C15H21NO5S. The lowest BCUT2D eigenvalue weighted by Gasteiger charge is -2.42. The number of sulfonamides is 1. The van der Waals surface area contributed by atoms with Crippen molar-refractivity contribution in [2.75, 3.05) is 33.4 Å². The van der Waals surface area contributed by atoms with Crippen LogP contribution in [0.1, 0.15) is 19.3 Å². The number of hydrogen-bond donors (Lipinski definition) is 0. The summed E-state index contributed by atoms with van der Waals surface area (Å²) in [6, 6.07) is 6.56. The van der Waals surface area contributed by atoms with E-state index in [1.165, 1.54) is 11.4 Å². The molecule has 0 saturated carbocycles. The normalized spacial score (nSPS) is 22.6. The second-order valence-corrected chi connectivity index (χ2v) is 7.48. The number of hydrogen-bond acceptors (Lipinski definition) is 5. The molecule has 22 heavy (non-hydrogen) atoms. The molecule has 0 amide bonds. The summed E-state index contributed by atoms with van der Waals surface area (Å²) in [7, 11) is -1.99. The fourth-order valence-electron chi connectivity index (χ4n) is 2.88. The van der Waals surface area contributed by atoms with E-state index in [9.17, 15) is 8.42 Å². The Balaban J connectivity index is 1.74. The molecule has 0 unspecified atom stereocenters. The molecule has 3 rings (SSSR count). The van der Waals surface area contributed by atoms with Gasteiger partial charge in [0.1, 0.15) is 5.75 Å². The molecule has 6 nitrogen and oxygen atoms in total. The zero-order valence-electron chi connectivity index (χ0n) is 12.7. The molecule has 1 aromatic carbocycles. The van der Waals surface area contributed by atoms with E-state index in [-0.39, 0.29) is 4.90 Å². The summed E-state index contributed by atoms with van der Waals surface area (Å²) >= 11 is 0. The maximum atomic E-state index is 12.7. The SMILES string of the molecule is COc1cccc(S(=O)(=O)N2CCC3(CC2)OCCCO3)c1.